The summed E-state index contributed by atoms with van der Waals surface area (Å²) in [7, 11) is -3.33. The highest BCUT2D eigenvalue weighted by atomic mass is 32.2. The van der Waals surface area contributed by atoms with Gasteiger partial charge in [-0.2, -0.15) is 4.37 Å². The lowest BCUT2D eigenvalue weighted by molar-refractivity contribution is 0.293. The number of anilines is 2. The molecule has 0 saturated carbocycles. The predicted octanol–water partition coefficient (Wildman–Crippen LogP) is 1.76. The summed E-state index contributed by atoms with van der Waals surface area (Å²) in [6.45, 7) is 6.11. The summed E-state index contributed by atoms with van der Waals surface area (Å²) in [5, 5.41) is 0.697. The van der Waals surface area contributed by atoms with E-state index in [-0.39, 0.29) is 16.1 Å². The molecule has 7 heteroatoms. The van der Waals surface area contributed by atoms with Crippen LogP contribution in [0.15, 0.2) is 4.90 Å². The summed E-state index contributed by atoms with van der Waals surface area (Å²) < 4.78 is 27.6. The Hall–Kier alpha value is -0.820. The average molecular weight is 289 g/mol. The van der Waals surface area contributed by atoms with Crippen LogP contribution < -0.4 is 10.6 Å². The normalized spacial score (nSPS) is 20.1. The Morgan fingerprint density at radius 3 is 2.67 bits per heavy atom. The summed E-state index contributed by atoms with van der Waals surface area (Å²) in [6.07, 6.45) is 3.41. The van der Waals surface area contributed by atoms with E-state index in [1.807, 2.05) is 0 Å². The van der Waals surface area contributed by atoms with Crippen molar-refractivity contribution >= 4 is 32.2 Å². The number of sulfone groups is 1. The molecule has 5 nitrogen and oxygen atoms in total. The van der Waals surface area contributed by atoms with E-state index in [1.54, 1.807) is 0 Å². The fraction of sp³-hybridized carbons (Fsp3) is 0.727. The fourth-order valence-electron chi connectivity index (χ4n) is 2.43. The van der Waals surface area contributed by atoms with Gasteiger partial charge in [0.2, 0.25) is 0 Å². The third kappa shape index (κ3) is 2.61. The van der Waals surface area contributed by atoms with Crippen molar-refractivity contribution in [3.8, 4) is 0 Å². The van der Waals surface area contributed by atoms with E-state index in [0.29, 0.717) is 5.00 Å². The molecule has 0 bridgehead atoms. The lowest BCUT2D eigenvalue weighted by atomic mass is 9.84. The van der Waals surface area contributed by atoms with Gasteiger partial charge in [0.05, 0.1) is 0 Å². The van der Waals surface area contributed by atoms with Gasteiger partial charge in [-0.1, -0.05) is 13.8 Å². The zero-order chi connectivity index (χ0) is 13.6. The smallest absolute Gasteiger partial charge is 0.182 e. The molecule has 1 aromatic rings. The van der Waals surface area contributed by atoms with Gasteiger partial charge in [0, 0.05) is 19.3 Å². The first kappa shape index (κ1) is 13.6. The Kier molecular flexibility index (Phi) is 3.31. The first-order valence-corrected chi connectivity index (χ1v) is 8.57. The zero-order valence-electron chi connectivity index (χ0n) is 10.9. The maximum absolute atomic E-state index is 11.8. The average Bonchev–Trinajstić information content (AvgIpc) is 2.58. The van der Waals surface area contributed by atoms with E-state index in [4.69, 9.17) is 5.73 Å². The number of nitrogen functional groups attached to an aromatic ring is 1. The Labute approximate surface area is 112 Å². The number of nitrogens with two attached hydrogens (primary N) is 1. The van der Waals surface area contributed by atoms with Gasteiger partial charge in [-0.25, -0.2) is 8.42 Å². The quantitative estimate of drug-likeness (QED) is 0.897. The van der Waals surface area contributed by atoms with Crippen molar-refractivity contribution in [3.63, 3.8) is 0 Å². The lowest BCUT2D eigenvalue weighted by Crippen LogP contribution is -2.40. The van der Waals surface area contributed by atoms with Crippen LogP contribution in [0.3, 0.4) is 0 Å². The van der Waals surface area contributed by atoms with Crippen molar-refractivity contribution in [2.75, 3.05) is 30.0 Å². The summed E-state index contributed by atoms with van der Waals surface area (Å²) >= 11 is 1.18. The van der Waals surface area contributed by atoms with Crippen LogP contribution in [0.5, 0.6) is 0 Å². The van der Waals surface area contributed by atoms with Crippen LogP contribution in [0.4, 0.5) is 10.8 Å². The predicted molar refractivity (Wildman–Crippen MR) is 74.9 cm³/mol. The topological polar surface area (TPSA) is 76.3 Å². The van der Waals surface area contributed by atoms with Gasteiger partial charge in [0.25, 0.3) is 0 Å². The molecule has 102 valence electrons. The van der Waals surface area contributed by atoms with Gasteiger partial charge in [0.1, 0.15) is 9.90 Å². The van der Waals surface area contributed by atoms with Gasteiger partial charge in [-0.3, -0.25) is 0 Å². The number of hydrogen-bond acceptors (Lipinski definition) is 6. The maximum Gasteiger partial charge on any atom is 0.182 e. The zero-order valence-corrected chi connectivity index (χ0v) is 12.6. The fourth-order valence-corrected chi connectivity index (χ4v) is 4.66. The molecule has 0 amide bonds. The molecule has 1 saturated heterocycles. The molecule has 0 spiro atoms. The molecule has 2 N–H and O–H groups in total. The highest BCUT2D eigenvalue weighted by Gasteiger charge is 2.31. The monoisotopic (exact) mass is 289 g/mol. The molecule has 0 radical (unpaired) electrons. The van der Waals surface area contributed by atoms with Gasteiger partial charge in [0.15, 0.2) is 15.7 Å². The first-order chi connectivity index (χ1) is 8.21. The number of aromatic nitrogens is 1. The number of nitrogens with zero attached hydrogens (tertiary/aromatic N) is 2. The van der Waals surface area contributed by atoms with E-state index < -0.39 is 9.84 Å². The molecule has 1 fully saturated rings. The van der Waals surface area contributed by atoms with Crippen molar-refractivity contribution in [1.29, 1.82) is 0 Å². The highest BCUT2D eigenvalue weighted by Crippen LogP contribution is 2.39. The number of hydrogen-bond donors (Lipinski definition) is 1. The van der Waals surface area contributed by atoms with E-state index in [1.165, 1.54) is 17.8 Å². The van der Waals surface area contributed by atoms with E-state index >= 15 is 0 Å². The molecule has 1 aliphatic rings. The van der Waals surface area contributed by atoms with Crippen molar-refractivity contribution in [2.24, 2.45) is 5.41 Å². The lowest BCUT2D eigenvalue weighted by Gasteiger charge is -2.38. The Morgan fingerprint density at radius 1 is 1.44 bits per heavy atom. The van der Waals surface area contributed by atoms with Gasteiger partial charge < -0.3 is 10.6 Å². The van der Waals surface area contributed by atoms with Crippen LogP contribution in [-0.2, 0) is 9.84 Å². The molecular formula is C11H19N3O2S2. The molecule has 0 unspecified atom stereocenters. The summed E-state index contributed by atoms with van der Waals surface area (Å²) in [6, 6.07) is 0. The first-order valence-electron chi connectivity index (χ1n) is 5.91. The number of rotatable bonds is 2. The van der Waals surface area contributed by atoms with Gasteiger partial charge in [-0.15, -0.1) is 0 Å². The van der Waals surface area contributed by atoms with E-state index in [0.717, 1.165) is 25.9 Å². The van der Waals surface area contributed by atoms with Crippen molar-refractivity contribution in [3.05, 3.63) is 0 Å². The molecule has 1 aromatic heterocycles. The van der Waals surface area contributed by atoms with Gasteiger partial charge in [-0.05, 0) is 29.8 Å². The summed E-state index contributed by atoms with van der Waals surface area (Å²) in [4.78, 5) is 2.30. The second-order valence-electron chi connectivity index (χ2n) is 5.66. The molecule has 18 heavy (non-hydrogen) atoms. The standard InChI is InChI=1S/C11H19N3O2S2/c1-11(2)5-4-6-14(7-11)10-8(18(3,15)16)9(12)13-17-10/h4-7H2,1-3H3,(H2,12,13). The minimum atomic E-state index is -3.33. The van der Waals surface area contributed by atoms with E-state index in [9.17, 15) is 8.42 Å². The molecule has 1 aliphatic heterocycles. The van der Waals surface area contributed by atoms with Crippen molar-refractivity contribution in [2.45, 2.75) is 31.6 Å². The Balaban J connectivity index is 2.41. The minimum Gasteiger partial charge on any atom is -0.382 e. The van der Waals surface area contributed by atoms with Crippen LogP contribution in [0, 0.1) is 5.41 Å². The largest absolute Gasteiger partial charge is 0.382 e. The van der Waals surface area contributed by atoms with E-state index in [2.05, 4.69) is 23.1 Å². The van der Waals surface area contributed by atoms with Crippen molar-refractivity contribution < 1.29 is 8.42 Å². The third-order valence-corrected chi connectivity index (χ3v) is 5.41. The van der Waals surface area contributed by atoms with Crippen LogP contribution in [-0.4, -0.2) is 32.1 Å². The van der Waals surface area contributed by atoms with Crippen molar-refractivity contribution in [1.82, 2.24) is 4.37 Å². The third-order valence-electron chi connectivity index (χ3n) is 3.22. The molecule has 0 aliphatic carbocycles. The molecule has 2 heterocycles. The second-order valence-corrected chi connectivity index (χ2v) is 8.37. The van der Waals surface area contributed by atoms with Crippen LogP contribution in [0.25, 0.3) is 0 Å². The summed E-state index contributed by atoms with van der Waals surface area (Å²) in [5.41, 5.74) is 5.90. The summed E-state index contributed by atoms with van der Waals surface area (Å²) in [5.74, 6) is 0.126. The molecule has 0 aromatic carbocycles. The highest BCUT2D eigenvalue weighted by molar-refractivity contribution is 7.91. The van der Waals surface area contributed by atoms with Crippen LogP contribution >= 0.6 is 11.5 Å². The number of piperidine rings is 1. The van der Waals surface area contributed by atoms with Crippen LogP contribution in [0.1, 0.15) is 26.7 Å². The second kappa shape index (κ2) is 4.38. The van der Waals surface area contributed by atoms with Gasteiger partial charge >= 0.3 is 0 Å². The Bertz CT molecular complexity index is 549. The SMILES string of the molecule is CC1(C)CCCN(c2snc(N)c2S(C)(=O)=O)C1. The molecular weight excluding hydrogens is 270 g/mol. The van der Waals surface area contributed by atoms with Crippen LogP contribution in [0.2, 0.25) is 0 Å². The molecule has 2 rings (SSSR count). The molecule has 0 atom stereocenters. The Morgan fingerprint density at radius 2 is 2.11 bits per heavy atom. The maximum atomic E-state index is 11.8. The minimum absolute atomic E-state index is 0.126.